The molecule has 2 aliphatic heterocycles. The normalized spacial score (nSPS) is 25.4. The minimum atomic E-state index is 0.0631. The predicted octanol–water partition coefficient (Wildman–Crippen LogP) is 3.96. The smallest absolute Gasteiger partial charge is 0.253 e. The maximum atomic E-state index is 13.3. The molecule has 3 aliphatic rings. The zero-order valence-corrected chi connectivity index (χ0v) is 19.9. The highest BCUT2D eigenvalue weighted by Crippen LogP contribution is 2.54. The molecule has 4 aromatic rings. The molecule has 3 fully saturated rings. The molecule has 4 atom stereocenters. The molecule has 0 radical (unpaired) electrons. The molecule has 1 saturated carbocycles. The maximum absolute atomic E-state index is 13.3. The summed E-state index contributed by atoms with van der Waals surface area (Å²) in [5.41, 5.74) is 2.88. The molecule has 170 valence electrons. The van der Waals surface area contributed by atoms with Gasteiger partial charge in [-0.2, -0.15) is 15.4 Å². The molecule has 7 nitrogen and oxygen atoms in total. The van der Waals surface area contributed by atoms with E-state index < -0.39 is 0 Å². The summed E-state index contributed by atoms with van der Waals surface area (Å²) in [5.74, 6) is 2.12. The van der Waals surface area contributed by atoms with Gasteiger partial charge in [-0.05, 0) is 76.9 Å². The van der Waals surface area contributed by atoms with Gasteiger partial charge >= 0.3 is 0 Å². The van der Waals surface area contributed by atoms with Crippen LogP contribution in [-0.2, 0) is 0 Å². The van der Waals surface area contributed by atoms with Crippen molar-refractivity contribution in [1.29, 1.82) is 0 Å². The lowest BCUT2D eigenvalue weighted by molar-refractivity contribution is 0.0629. The number of carbonyl (C=O) groups excluding carboxylic acids is 2. The first-order chi connectivity index (χ1) is 16.5. The van der Waals surface area contributed by atoms with E-state index in [1.54, 1.807) is 0 Å². The second kappa shape index (κ2) is 7.37. The minimum absolute atomic E-state index is 0.0631. The number of amides is 2. The van der Waals surface area contributed by atoms with E-state index in [0.717, 1.165) is 52.5 Å². The van der Waals surface area contributed by atoms with E-state index in [2.05, 4.69) is 37.4 Å². The summed E-state index contributed by atoms with van der Waals surface area (Å²) in [6.07, 6.45) is 0. The number of benzene rings is 3. The number of fused-ring (bicyclic) bond motifs is 6. The quantitative estimate of drug-likeness (QED) is 0.438. The number of H-pyrrole nitrogens is 1. The Kier molecular flexibility index (Phi) is 4.37. The van der Waals surface area contributed by atoms with Crippen LogP contribution in [0.2, 0.25) is 0 Å². The van der Waals surface area contributed by atoms with Crippen molar-refractivity contribution in [3.8, 4) is 0 Å². The van der Waals surface area contributed by atoms with Gasteiger partial charge in [-0.1, -0.05) is 28.1 Å². The zero-order chi connectivity index (χ0) is 23.0. The fraction of sp³-hybridized carbons (Fsp3) is 0.308. The molecule has 0 bridgehead atoms. The van der Waals surface area contributed by atoms with Crippen LogP contribution in [0.3, 0.4) is 0 Å². The number of aromatic amines is 1. The van der Waals surface area contributed by atoms with Gasteiger partial charge in [-0.3, -0.25) is 9.59 Å². The van der Waals surface area contributed by atoms with E-state index in [1.807, 2.05) is 58.3 Å². The van der Waals surface area contributed by atoms with Crippen molar-refractivity contribution < 1.29 is 9.59 Å². The van der Waals surface area contributed by atoms with E-state index in [-0.39, 0.29) is 11.8 Å². The van der Waals surface area contributed by atoms with Crippen LogP contribution in [0.4, 0.5) is 0 Å². The number of aromatic nitrogens is 3. The number of nitrogens with zero attached hydrogens (tertiary/aromatic N) is 4. The molecule has 1 aliphatic carbocycles. The van der Waals surface area contributed by atoms with Crippen molar-refractivity contribution in [3.63, 3.8) is 0 Å². The van der Waals surface area contributed by atoms with Crippen LogP contribution in [0, 0.1) is 23.7 Å². The minimum Gasteiger partial charge on any atom is -0.338 e. The van der Waals surface area contributed by atoms with Crippen molar-refractivity contribution in [1.82, 2.24) is 25.2 Å². The lowest BCUT2D eigenvalue weighted by Gasteiger charge is -2.42. The lowest BCUT2D eigenvalue weighted by Crippen LogP contribution is -2.44. The second-order valence-corrected chi connectivity index (χ2v) is 10.7. The number of hydrogen-bond acceptors (Lipinski definition) is 4. The molecular weight excluding hydrogens is 494 g/mol. The Morgan fingerprint density at radius 1 is 0.706 bits per heavy atom. The predicted molar refractivity (Wildman–Crippen MR) is 131 cm³/mol. The Bertz CT molecular complexity index is 1460. The van der Waals surface area contributed by atoms with E-state index in [1.165, 1.54) is 0 Å². The first kappa shape index (κ1) is 20.1. The number of rotatable bonds is 2. The summed E-state index contributed by atoms with van der Waals surface area (Å²) < 4.78 is 1.04. The first-order valence-electron chi connectivity index (χ1n) is 11.6. The third-order valence-electron chi connectivity index (χ3n) is 8.11. The third kappa shape index (κ3) is 3.01. The molecule has 3 aromatic carbocycles. The molecule has 2 amide bonds. The Morgan fingerprint density at radius 3 is 1.91 bits per heavy atom. The monoisotopic (exact) mass is 515 g/mol. The molecule has 3 heterocycles. The standard InChI is InChI=1S/C26H22BrN5O2/c27-18-5-3-14-7-16(2-1-15(14)8-18)25(33)31-10-19-20(11-31)22-13-32(12-21(19)22)26(34)17-4-6-23-24(9-17)29-30-28-23/h1-9,19-22H,10-13H2,(H,28,29,30)/t19-,20+,21+,22-. The van der Waals surface area contributed by atoms with E-state index in [0.29, 0.717) is 34.8 Å². The van der Waals surface area contributed by atoms with Crippen molar-refractivity contribution >= 4 is 49.6 Å². The molecule has 0 spiro atoms. The molecule has 1 aromatic heterocycles. The van der Waals surface area contributed by atoms with Gasteiger partial charge in [-0.25, -0.2) is 0 Å². The molecule has 2 saturated heterocycles. The summed E-state index contributed by atoms with van der Waals surface area (Å²) in [6.45, 7) is 3.12. The number of halogens is 1. The molecule has 0 unspecified atom stereocenters. The van der Waals surface area contributed by atoms with Crippen LogP contribution in [0.5, 0.6) is 0 Å². The highest BCUT2D eigenvalue weighted by molar-refractivity contribution is 9.10. The summed E-state index contributed by atoms with van der Waals surface area (Å²) >= 11 is 3.51. The number of hydrogen-bond donors (Lipinski definition) is 1. The SMILES string of the molecule is O=C(c1ccc2cc(Br)ccc2c1)N1C[C@@H]2[C@H](C1)[C@H]1CN(C(=O)c3ccc4n[nH]nc4c3)C[C@@H]21. The van der Waals surface area contributed by atoms with Crippen LogP contribution < -0.4 is 0 Å². The van der Waals surface area contributed by atoms with Gasteiger partial charge < -0.3 is 9.80 Å². The average Bonchev–Trinajstić information content (AvgIpc) is 3.56. The Morgan fingerprint density at radius 2 is 1.24 bits per heavy atom. The number of carbonyl (C=O) groups is 2. The highest BCUT2D eigenvalue weighted by atomic mass is 79.9. The van der Waals surface area contributed by atoms with Gasteiger partial charge in [-0.15, -0.1) is 0 Å². The summed E-state index contributed by atoms with van der Waals surface area (Å²) in [7, 11) is 0. The van der Waals surface area contributed by atoms with Crippen molar-refractivity contribution in [2.75, 3.05) is 26.2 Å². The summed E-state index contributed by atoms with van der Waals surface area (Å²) in [4.78, 5) is 30.4. The summed E-state index contributed by atoms with van der Waals surface area (Å²) in [5, 5.41) is 13.0. The zero-order valence-electron chi connectivity index (χ0n) is 18.3. The number of nitrogens with one attached hydrogen (secondary N) is 1. The third-order valence-corrected chi connectivity index (χ3v) is 8.60. The average molecular weight is 516 g/mol. The van der Waals surface area contributed by atoms with Crippen LogP contribution in [0.25, 0.3) is 21.8 Å². The van der Waals surface area contributed by atoms with Gasteiger partial charge in [0.1, 0.15) is 11.0 Å². The van der Waals surface area contributed by atoms with Crippen LogP contribution >= 0.6 is 15.9 Å². The van der Waals surface area contributed by atoms with E-state index in [4.69, 9.17) is 0 Å². The molecule has 34 heavy (non-hydrogen) atoms. The van der Waals surface area contributed by atoms with Gasteiger partial charge in [0, 0.05) is 41.8 Å². The van der Waals surface area contributed by atoms with Gasteiger partial charge in [0.25, 0.3) is 11.8 Å². The lowest BCUT2D eigenvalue weighted by atomic mass is 9.60. The van der Waals surface area contributed by atoms with Crippen molar-refractivity contribution in [3.05, 3.63) is 70.2 Å². The summed E-state index contributed by atoms with van der Waals surface area (Å²) in [6, 6.07) is 17.5. The Balaban J connectivity index is 1.04. The van der Waals surface area contributed by atoms with Gasteiger partial charge in [0.05, 0.1) is 0 Å². The van der Waals surface area contributed by atoms with E-state index >= 15 is 0 Å². The van der Waals surface area contributed by atoms with Gasteiger partial charge in [0.2, 0.25) is 0 Å². The number of likely N-dealkylation sites (tertiary alicyclic amines) is 2. The topological polar surface area (TPSA) is 82.2 Å². The van der Waals surface area contributed by atoms with Gasteiger partial charge in [0.15, 0.2) is 0 Å². The highest BCUT2D eigenvalue weighted by Gasteiger charge is 2.59. The van der Waals surface area contributed by atoms with Crippen molar-refractivity contribution in [2.24, 2.45) is 23.7 Å². The van der Waals surface area contributed by atoms with E-state index in [9.17, 15) is 9.59 Å². The molecule has 7 rings (SSSR count). The molecular formula is C26H22BrN5O2. The fourth-order valence-corrected chi connectivity index (χ4v) is 6.77. The molecule has 1 N–H and O–H groups in total. The second-order valence-electron chi connectivity index (χ2n) is 9.81. The van der Waals surface area contributed by atoms with Crippen LogP contribution in [0.15, 0.2) is 59.1 Å². The maximum Gasteiger partial charge on any atom is 0.253 e. The fourth-order valence-electron chi connectivity index (χ4n) is 6.39. The molecule has 8 heteroatoms. The van der Waals surface area contributed by atoms with Crippen LogP contribution in [0.1, 0.15) is 20.7 Å². The Labute approximate surface area is 204 Å². The Hall–Kier alpha value is -3.26. The van der Waals surface area contributed by atoms with Crippen LogP contribution in [-0.4, -0.2) is 63.2 Å². The first-order valence-corrected chi connectivity index (χ1v) is 12.4. The van der Waals surface area contributed by atoms with Crippen molar-refractivity contribution in [2.45, 2.75) is 0 Å². The largest absolute Gasteiger partial charge is 0.338 e.